The van der Waals surface area contributed by atoms with Gasteiger partial charge in [-0.3, -0.25) is 0 Å². The van der Waals surface area contributed by atoms with Crippen molar-refractivity contribution in [3.8, 4) is 0 Å². The molecule has 0 saturated carbocycles. The van der Waals surface area contributed by atoms with Crippen LogP contribution in [0.25, 0.3) is 0 Å². The van der Waals surface area contributed by atoms with Crippen LogP contribution in [-0.4, -0.2) is 6.04 Å². The molecular formula is C12H20ClN. The largest absolute Gasteiger partial charge is 0.308 e. The lowest BCUT2D eigenvalue weighted by Gasteiger charge is -2.18. The minimum Gasteiger partial charge on any atom is -0.308 e. The lowest BCUT2D eigenvalue weighted by Crippen LogP contribution is -2.28. The second-order valence-corrected chi connectivity index (χ2v) is 3.61. The molecule has 1 nitrogen and oxygen atoms in total. The Morgan fingerprint density at radius 3 is 2.21 bits per heavy atom. The maximum atomic E-state index is 3.55. The Hall–Kier alpha value is -0.530. The zero-order valence-electron chi connectivity index (χ0n) is 9.16. The molecule has 2 heteroatoms. The molecule has 14 heavy (non-hydrogen) atoms. The van der Waals surface area contributed by atoms with Gasteiger partial charge in [0.15, 0.2) is 0 Å². The Morgan fingerprint density at radius 1 is 1.14 bits per heavy atom. The van der Waals surface area contributed by atoms with Crippen molar-refractivity contribution >= 4 is 12.4 Å². The maximum absolute atomic E-state index is 3.55. The third-order valence-electron chi connectivity index (χ3n) is 2.45. The fraction of sp³-hybridized carbons (Fsp3) is 0.500. The molecule has 0 fully saturated rings. The van der Waals surface area contributed by atoms with E-state index in [1.54, 1.807) is 0 Å². The number of hydrogen-bond donors (Lipinski definition) is 1. The molecule has 0 aliphatic heterocycles. The Bertz CT molecular complexity index is 235. The predicted molar refractivity (Wildman–Crippen MR) is 65.0 cm³/mol. The van der Waals surface area contributed by atoms with E-state index in [1.165, 1.54) is 12.0 Å². The van der Waals surface area contributed by atoms with E-state index >= 15 is 0 Å². The van der Waals surface area contributed by atoms with Gasteiger partial charge in [-0.2, -0.15) is 0 Å². The highest BCUT2D eigenvalue weighted by Gasteiger charge is 2.06. The van der Waals surface area contributed by atoms with Crippen LogP contribution in [0.5, 0.6) is 0 Å². The van der Waals surface area contributed by atoms with E-state index in [1.807, 2.05) is 0 Å². The molecule has 1 N–H and O–H groups in total. The van der Waals surface area contributed by atoms with Crippen molar-refractivity contribution in [2.45, 2.75) is 39.3 Å². The summed E-state index contributed by atoms with van der Waals surface area (Å²) in [5, 5.41) is 3.55. The first kappa shape index (κ1) is 13.5. The number of benzene rings is 1. The fourth-order valence-corrected chi connectivity index (χ4v) is 1.38. The zero-order chi connectivity index (χ0) is 9.68. The monoisotopic (exact) mass is 213 g/mol. The summed E-state index contributed by atoms with van der Waals surface area (Å²) in [6, 6.07) is 11.6. The Labute approximate surface area is 93.3 Å². The Morgan fingerprint density at radius 2 is 1.71 bits per heavy atom. The van der Waals surface area contributed by atoms with Crippen LogP contribution in [0.2, 0.25) is 0 Å². The van der Waals surface area contributed by atoms with E-state index in [4.69, 9.17) is 0 Å². The van der Waals surface area contributed by atoms with Crippen LogP contribution in [-0.2, 0) is 0 Å². The highest BCUT2D eigenvalue weighted by atomic mass is 35.5. The highest BCUT2D eigenvalue weighted by molar-refractivity contribution is 5.85. The van der Waals surface area contributed by atoms with Crippen LogP contribution >= 0.6 is 12.4 Å². The van der Waals surface area contributed by atoms with Crippen LogP contribution < -0.4 is 5.32 Å². The van der Waals surface area contributed by atoms with E-state index in [0.29, 0.717) is 12.1 Å². The van der Waals surface area contributed by atoms with Crippen LogP contribution in [0.4, 0.5) is 0 Å². The molecule has 1 aromatic carbocycles. The second kappa shape index (κ2) is 6.86. The Kier molecular flexibility index (Phi) is 6.60. The molecule has 0 aliphatic carbocycles. The fourth-order valence-electron chi connectivity index (χ4n) is 1.38. The van der Waals surface area contributed by atoms with Gasteiger partial charge < -0.3 is 5.32 Å². The molecule has 0 aliphatic rings. The molecule has 0 radical (unpaired) electrons. The van der Waals surface area contributed by atoms with Gasteiger partial charge in [0, 0.05) is 12.1 Å². The molecule has 0 aromatic heterocycles. The average Bonchev–Trinajstić information content (AvgIpc) is 2.19. The first-order valence-corrected chi connectivity index (χ1v) is 5.05. The van der Waals surface area contributed by atoms with E-state index in [0.717, 1.165) is 0 Å². The van der Waals surface area contributed by atoms with Crippen LogP contribution in [0.1, 0.15) is 38.8 Å². The summed E-state index contributed by atoms with van der Waals surface area (Å²) in [7, 11) is 0. The normalized spacial score (nSPS) is 14.2. The zero-order valence-corrected chi connectivity index (χ0v) is 9.97. The van der Waals surface area contributed by atoms with Crippen molar-refractivity contribution in [3.05, 3.63) is 35.9 Å². The topological polar surface area (TPSA) is 12.0 Å². The van der Waals surface area contributed by atoms with Crippen LogP contribution in [0.3, 0.4) is 0 Å². The van der Waals surface area contributed by atoms with Crippen molar-refractivity contribution in [1.29, 1.82) is 0 Å². The molecule has 1 rings (SSSR count). The van der Waals surface area contributed by atoms with Gasteiger partial charge in [-0.05, 0) is 25.8 Å². The molecule has 1 aromatic rings. The van der Waals surface area contributed by atoms with Crippen molar-refractivity contribution in [3.63, 3.8) is 0 Å². The average molecular weight is 214 g/mol. The van der Waals surface area contributed by atoms with Crippen molar-refractivity contribution in [2.24, 2.45) is 0 Å². The number of nitrogens with one attached hydrogen (secondary N) is 1. The molecule has 2 unspecified atom stereocenters. The lowest BCUT2D eigenvalue weighted by atomic mass is 10.1. The van der Waals surface area contributed by atoms with E-state index < -0.39 is 0 Å². The summed E-state index contributed by atoms with van der Waals surface area (Å²) in [5.74, 6) is 0. The number of hydrogen-bond acceptors (Lipinski definition) is 1. The first-order valence-electron chi connectivity index (χ1n) is 5.05. The van der Waals surface area contributed by atoms with Gasteiger partial charge in [0.25, 0.3) is 0 Å². The Balaban J connectivity index is 0.00000169. The molecule has 2 atom stereocenters. The van der Waals surface area contributed by atoms with E-state index in [9.17, 15) is 0 Å². The summed E-state index contributed by atoms with van der Waals surface area (Å²) >= 11 is 0. The smallest absolute Gasteiger partial charge is 0.0294 e. The molecular weight excluding hydrogens is 194 g/mol. The van der Waals surface area contributed by atoms with Gasteiger partial charge in [0.2, 0.25) is 0 Å². The molecule has 0 heterocycles. The van der Waals surface area contributed by atoms with E-state index in [2.05, 4.69) is 56.4 Å². The SMILES string of the molecule is CCC(C)NC(C)c1ccccc1.Cl. The molecule has 0 saturated heterocycles. The summed E-state index contributed by atoms with van der Waals surface area (Å²) < 4.78 is 0. The van der Waals surface area contributed by atoms with Gasteiger partial charge in [-0.1, -0.05) is 37.3 Å². The van der Waals surface area contributed by atoms with Crippen molar-refractivity contribution in [1.82, 2.24) is 5.32 Å². The molecule has 0 bridgehead atoms. The standard InChI is InChI=1S/C12H19N.ClH/c1-4-10(2)13-11(3)12-8-6-5-7-9-12;/h5-11,13H,4H2,1-3H3;1H. The summed E-state index contributed by atoms with van der Waals surface area (Å²) in [5.41, 5.74) is 1.36. The highest BCUT2D eigenvalue weighted by Crippen LogP contribution is 2.12. The molecule has 0 amide bonds. The quantitative estimate of drug-likeness (QED) is 0.807. The molecule has 80 valence electrons. The van der Waals surface area contributed by atoms with Gasteiger partial charge in [-0.15, -0.1) is 12.4 Å². The summed E-state index contributed by atoms with van der Waals surface area (Å²) in [6.45, 7) is 6.64. The summed E-state index contributed by atoms with van der Waals surface area (Å²) in [6.07, 6.45) is 1.18. The number of halogens is 1. The minimum absolute atomic E-state index is 0. The maximum Gasteiger partial charge on any atom is 0.0294 e. The van der Waals surface area contributed by atoms with Crippen molar-refractivity contribution in [2.75, 3.05) is 0 Å². The molecule has 0 spiro atoms. The van der Waals surface area contributed by atoms with Gasteiger partial charge in [0.05, 0.1) is 0 Å². The third-order valence-corrected chi connectivity index (χ3v) is 2.45. The predicted octanol–water partition coefficient (Wildman–Crippen LogP) is 3.56. The van der Waals surface area contributed by atoms with Gasteiger partial charge in [0.1, 0.15) is 0 Å². The second-order valence-electron chi connectivity index (χ2n) is 3.61. The first-order chi connectivity index (χ1) is 6.24. The van der Waals surface area contributed by atoms with Crippen LogP contribution in [0.15, 0.2) is 30.3 Å². The van der Waals surface area contributed by atoms with Crippen LogP contribution in [0, 0.1) is 0 Å². The van der Waals surface area contributed by atoms with E-state index in [-0.39, 0.29) is 12.4 Å². The van der Waals surface area contributed by atoms with Gasteiger partial charge >= 0.3 is 0 Å². The third kappa shape index (κ3) is 4.12. The summed E-state index contributed by atoms with van der Waals surface area (Å²) in [4.78, 5) is 0. The van der Waals surface area contributed by atoms with Gasteiger partial charge in [-0.25, -0.2) is 0 Å². The van der Waals surface area contributed by atoms with Crippen molar-refractivity contribution < 1.29 is 0 Å². The lowest BCUT2D eigenvalue weighted by molar-refractivity contribution is 0.469. The minimum atomic E-state index is 0. The number of rotatable bonds is 4.